The van der Waals surface area contributed by atoms with E-state index in [4.69, 9.17) is 5.11 Å². The summed E-state index contributed by atoms with van der Waals surface area (Å²) in [5.74, 6) is -0.878. The maximum atomic E-state index is 9.82. The molecule has 0 aromatic heterocycles. The van der Waals surface area contributed by atoms with E-state index < -0.39 is 5.97 Å². The van der Waals surface area contributed by atoms with Crippen molar-refractivity contribution in [1.82, 2.24) is 0 Å². The van der Waals surface area contributed by atoms with E-state index in [1.807, 2.05) is 0 Å². The highest BCUT2D eigenvalue weighted by atomic mass is 16.4. The van der Waals surface area contributed by atoms with Crippen molar-refractivity contribution in [3.8, 4) is 0 Å². The zero-order valence-electron chi connectivity index (χ0n) is 4.91. The Balaban J connectivity index is 3.24. The Morgan fingerprint density at radius 2 is 2.11 bits per heavy atom. The third kappa shape index (κ3) is 6.88. The van der Waals surface area contributed by atoms with E-state index in [9.17, 15) is 9.59 Å². The molecule has 0 unspecified atom stereocenters. The van der Waals surface area contributed by atoms with Crippen LogP contribution in [0.25, 0.3) is 0 Å². The quantitative estimate of drug-likeness (QED) is 0.445. The minimum absolute atomic E-state index is 0.00611. The van der Waals surface area contributed by atoms with E-state index >= 15 is 0 Å². The molecule has 0 atom stereocenters. The van der Waals surface area contributed by atoms with E-state index in [1.54, 1.807) is 0 Å². The van der Waals surface area contributed by atoms with Gasteiger partial charge in [-0.05, 0) is 0 Å². The second-order valence-electron chi connectivity index (χ2n) is 1.47. The number of rotatable bonds is 4. The van der Waals surface area contributed by atoms with Gasteiger partial charge in [0.05, 0.1) is 6.42 Å². The molecule has 0 aliphatic heterocycles. The van der Waals surface area contributed by atoms with Crippen LogP contribution in [0.1, 0.15) is 12.8 Å². The lowest BCUT2D eigenvalue weighted by atomic mass is 10.3. The van der Waals surface area contributed by atoms with Gasteiger partial charge in [-0.3, -0.25) is 4.79 Å². The van der Waals surface area contributed by atoms with Gasteiger partial charge in [0, 0.05) is 6.42 Å². The van der Waals surface area contributed by atoms with Crippen molar-refractivity contribution in [3.63, 3.8) is 0 Å². The topological polar surface area (TPSA) is 54.4 Å². The maximum absolute atomic E-state index is 9.82. The minimum atomic E-state index is -0.878. The molecule has 0 aromatic rings. The van der Waals surface area contributed by atoms with Crippen molar-refractivity contribution in [2.45, 2.75) is 12.8 Å². The fourth-order valence-corrected chi connectivity index (χ4v) is 0.336. The van der Waals surface area contributed by atoms with Gasteiger partial charge in [-0.2, -0.15) is 0 Å². The molecule has 0 amide bonds. The molecule has 0 saturated heterocycles. The maximum Gasteiger partial charge on any atom is 0.307 e. The Kier molecular flexibility index (Phi) is 4.40. The zero-order valence-corrected chi connectivity index (χ0v) is 4.91. The molecule has 0 fully saturated rings. The molecule has 0 saturated carbocycles. The molecule has 50 valence electrons. The van der Waals surface area contributed by atoms with Crippen LogP contribution >= 0.6 is 0 Å². The second kappa shape index (κ2) is 5.03. The van der Waals surface area contributed by atoms with Crippen molar-refractivity contribution in [2.24, 2.45) is 0 Å². The summed E-state index contributed by atoms with van der Waals surface area (Å²) in [6, 6.07) is 0. The molecule has 3 nitrogen and oxygen atoms in total. The van der Waals surface area contributed by atoms with E-state index in [-0.39, 0.29) is 6.42 Å². The number of carboxylic acid groups (broad SMARTS) is 1. The van der Waals surface area contributed by atoms with Crippen LogP contribution in [0.15, 0.2) is 12.2 Å². The zero-order chi connectivity index (χ0) is 7.11. The van der Waals surface area contributed by atoms with Gasteiger partial charge >= 0.3 is 5.97 Å². The lowest BCUT2D eigenvalue weighted by molar-refractivity contribution is -0.136. The first-order valence-corrected chi connectivity index (χ1v) is 2.58. The summed E-state index contributed by atoms with van der Waals surface area (Å²) in [7, 11) is 0. The molecule has 0 aliphatic carbocycles. The van der Waals surface area contributed by atoms with Gasteiger partial charge in [0.15, 0.2) is 0 Å². The van der Waals surface area contributed by atoms with E-state index in [0.29, 0.717) is 6.42 Å². The monoisotopic (exact) mass is 128 g/mol. The summed E-state index contributed by atoms with van der Waals surface area (Å²) < 4.78 is 0. The minimum Gasteiger partial charge on any atom is -0.481 e. The number of aliphatic carboxylic acids is 1. The Bertz CT molecular complexity index is 126. The molecule has 0 radical (unpaired) electrons. The molecule has 1 N–H and O–H groups in total. The molecular weight excluding hydrogens is 120 g/mol. The van der Waals surface area contributed by atoms with Crippen LogP contribution in [0.3, 0.4) is 0 Å². The van der Waals surface area contributed by atoms with Crippen molar-refractivity contribution >= 4 is 12.3 Å². The van der Waals surface area contributed by atoms with Crippen LogP contribution < -0.4 is 0 Å². The summed E-state index contributed by atoms with van der Waals surface area (Å²) in [5, 5.41) is 8.07. The Morgan fingerprint density at radius 3 is 2.56 bits per heavy atom. The van der Waals surface area contributed by atoms with E-state index in [2.05, 4.69) is 0 Å². The number of carbonyl (C=O) groups is 2. The van der Waals surface area contributed by atoms with Gasteiger partial charge in [0.25, 0.3) is 0 Å². The van der Waals surface area contributed by atoms with Crippen LogP contribution in [0.5, 0.6) is 0 Å². The Morgan fingerprint density at radius 1 is 1.44 bits per heavy atom. The molecule has 0 aromatic carbocycles. The van der Waals surface area contributed by atoms with E-state index in [0.717, 1.165) is 6.29 Å². The molecular formula is C6H8O3. The van der Waals surface area contributed by atoms with Crippen molar-refractivity contribution in [1.29, 1.82) is 0 Å². The number of hydrogen-bond donors (Lipinski definition) is 1. The predicted molar refractivity (Wildman–Crippen MR) is 32.1 cm³/mol. The SMILES string of the molecule is O=CCC=CCC(=O)O. The molecule has 0 spiro atoms. The Labute approximate surface area is 53.0 Å². The van der Waals surface area contributed by atoms with Crippen LogP contribution in [0.4, 0.5) is 0 Å². The summed E-state index contributed by atoms with van der Waals surface area (Å²) in [4.78, 5) is 19.5. The first-order chi connectivity index (χ1) is 4.27. The highest BCUT2D eigenvalue weighted by molar-refractivity contribution is 5.68. The van der Waals surface area contributed by atoms with Gasteiger partial charge < -0.3 is 9.90 Å². The van der Waals surface area contributed by atoms with Gasteiger partial charge in [-0.1, -0.05) is 12.2 Å². The van der Waals surface area contributed by atoms with Gasteiger partial charge in [-0.25, -0.2) is 0 Å². The standard InChI is InChI=1S/C6H8O3/c7-5-3-1-2-4-6(8)9/h1-2,5H,3-4H2,(H,8,9). The Hall–Kier alpha value is -1.12. The lowest BCUT2D eigenvalue weighted by Gasteiger charge is -1.79. The highest BCUT2D eigenvalue weighted by Crippen LogP contribution is 1.83. The smallest absolute Gasteiger partial charge is 0.307 e. The normalized spacial score (nSPS) is 9.78. The van der Waals surface area contributed by atoms with Gasteiger partial charge in [0.1, 0.15) is 6.29 Å². The van der Waals surface area contributed by atoms with E-state index in [1.165, 1.54) is 12.2 Å². The van der Waals surface area contributed by atoms with Gasteiger partial charge in [0.2, 0.25) is 0 Å². The van der Waals surface area contributed by atoms with Crippen molar-refractivity contribution < 1.29 is 14.7 Å². The molecule has 3 heteroatoms. The molecule has 9 heavy (non-hydrogen) atoms. The van der Waals surface area contributed by atoms with Crippen molar-refractivity contribution in [2.75, 3.05) is 0 Å². The first-order valence-electron chi connectivity index (χ1n) is 2.58. The number of carbonyl (C=O) groups excluding carboxylic acids is 1. The molecule has 0 aliphatic rings. The van der Waals surface area contributed by atoms with Crippen LogP contribution in [-0.2, 0) is 9.59 Å². The first kappa shape index (κ1) is 7.88. The fraction of sp³-hybridized carbons (Fsp3) is 0.333. The van der Waals surface area contributed by atoms with Crippen molar-refractivity contribution in [3.05, 3.63) is 12.2 Å². The average Bonchev–Trinajstić information content (AvgIpc) is 1.80. The summed E-state index contributed by atoms with van der Waals surface area (Å²) in [6.07, 6.45) is 4.00. The lowest BCUT2D eigenvalue weighted by Crippen LogP contribution is -1.89. The summed E-state index contributed by atoms with van der Waals surface area (Å²) >= 11 is 0. The third-order valence-corrected chi connectivity index (χ3v) is 0.691. The van der Waals surface area contributed by atoms with Gasteiger partial charge in [-0.15, -0.1) is 0 Å². The predicted octanol–water partition coefficient (Wildman–Crippen LogP) is 0.606. The highest BCUT2D eigenvalue weighted by Gasteiger charge is 1.86. The number of aldehydes is 1. The fourth-order valence-electron chi connectivity index (χ4n) is 0.336. The van der Waals surface area contributed by atoms with Crippen LogP contribution in [-0.4, -0.2) is 17.4 Å². The number of allylic oxidation sites excluding steroid dienone is 1. The summed E-state index contributed by atoms with van der Waals surface area (Å²) in [5.41, 5.74) is 0. The largest absolute Gasteiger partial charge is 0.481 e. The second-order valence-corrected chi connectivity index (χ2v) is 1.47. The summed E-state index contributed by atoms with van der Waals surface area (Å²) in [6.45, 7) is 0. The van der Waals surface area contributed by atoms with Crippen LogP contribution in [0.2, 0.25) is 0 Å². The molecule has 0 bridgehead atoms. The third-order valence-electron chi connectivity index (χ3n) is 0.691. The number of hydrogen-bond acceptors (Lipinski definition) is 2. The number of carboxylic acids is 1. The molecule has 0 rings (SSSR count). The van der Waals surface area contributed by atoms with Crippen LogP contribution in [0, 0.1) is 0 Å². The molecule has 0 heterocycles. The average molecular weight is 128 g/mol.